The van der Waals surface area contributed by atoms with Crippen LogP contribution in [0.1, 0.15) is 17.0 Å². The minimum Gasteiger partial charge on any atom is -0.468 e. The number of aromatic nitrogens is 1. The van der Waals surface area contributed by atoms with E-state index in [4.69, 9.17) is 23.2 Å². The van der Waals surface area contributed by atoms with E-state index in [-0.39, 0.29) is 5.70 Å². The summed E-state index contributed by atoms with van der Waals surface area (Å²) in [5.74, 6) is -1.27. The molecular weight excluding hydrogens is 405 g/mol. The van der Waals surface area contributed by atoms with Gasteiger partial charge in [-0.15, -0.1) is 0 Å². The normalized spacial score (nSPS) is 15.3. The lowest BCUT2D eigenvalue weighted by Crippen LogP contribution is -2.36. The average Bonchev–Trinajstić information content (AvgIpc) is 3.07. The number of urea groups is 1. The number of aryl methyl sites for hydroxylation is 1. The number of hydrogen-bond donors (Lipinski definition) is 1. The number of amides is 3. The Morgan fingerprint density at radius 1 is 1.18 bits per heavy atom. The van der Waals surface area contributed by atoms with E-state index in [1.807, 2.05) is 30.5 Å². The summed E-state index contributed by atoms with van der Waals surface area (Å²) in [6.45, 7) is 3.35. The van der Waals surface area contributed by atoms with Crippen LogP contribution in [0.15, 0.2) is 30.0 Å². The van der Waals surface area contributed by atoms with Crippen LogP contribution in [0.4, 0.5) is 4.79 Å². The van der Waals surface area contributed by atoms with Gasteiger partial charge in [0.15, 0.2) is 0 Å². The molecule has 1 aliphatic heterocycles. The van der Waals surface area contributed by atoms with Crippen molar-refractivity contribution in [2.45, 2.75) is 13.8 Å². The molecule has 9 heteroatoms. The fourth-order valence-corrected chi connectivity index (χ4v) is 3.31. The van der Waals surface area contributed by atoms with Crippen molar-refractivity contribution in [3.63, 3.8) is 0 Å². The number of imide groups is 1. The van der Waals surface area contributed by atoms with E-state index < -0.39 is 24.5 Å². The second-order valence-electron chi connectivity index (χ2n) is 6.22. The molecule has 1 aromatic heterocycles. The molecular formula is C19H17Cl2N3O4. The third-order valence-electron chi connectivity index (χ3n) is 4.41. The van der Waals surface area contributed by atoms with E-state index in [1.54, 1.807) is 18.2 Å². The summed E-state index contributed by atoms with van der Waals surface area (Å²) < 4.78 is 6.47. The molecule has 0 bridgehead atoms. The Labute approximate surface area is 171 Å². The number of rotatable bonds is 4. The molecule has 0 spiro atoms. The smallest absolute Gasteiger partial charge is 0.329 e. The van der Waals surface area contributed by atoms with Crippen LogP contribution in [0, 0.1) is 13.8 Å². The molecule has 3 amide bonds. The quantitative estimate of drug-likeness (QED) is 0.465. The number of nitrogens with zero attached hydrogens (tertiary/aromatic N) is 2. The summed E-state index contributed by atoms with van der Waals surface area (Å²) in [4.78, 5) is 36.6. The Hall–Kier alpha value is -2.77. The van der Waals surface area contributed by atoms with Crippen LogP contribution in [0.25, 0.3) is 11.8 Å². The zero-order valence-electron chi connectivity index (χ0n) is 15.4. The van der Waals surface area contributed by atoms with E-state index in [1.165, 1.54) is 7.11 Å². The molecule has 0 radical (unpaired) electrons. The first-order chi connectivity index (χ1) is 13.2. The Kier molecular flexibility index (Phi) is 5.49. The lowest BCUT2D eigenvalue weighted by atomic mass is 10.2. The van der Waals surface area contributed by atoms with Crippen LogP contribution in [0.2, 0.25) is 10.0 Å². The Morgan fingerprint density at radius 3 is 2.54 bits per heavy atom. The Balaban J connectivity index is 1.95. The molecule has 146 valence electrons. The number of benzene rings is 1. The van der Waals surface area contributed by atoms with Crippen molar-refractivity contribution in [2.75, 3.05) is 13.7 Å². The van der Waals surface area contributed by atoms with Gasteiger partial charge in [-0.05, 0) is 49.8 Å². The molecule has 0 aliphatic carbocycles. The van der Waals surface area contributed by atoms with Gasteiger partial charge in [0.2, 0.25) is 0 Å². The van der Waals surface area contributed by atoms with E-state index in [9.17, 15) is 14.4 Å². The van der Waals surface area contributed by atoms with E-state index in [0.29, 0.717) is 10.0 Å². The highest BCUT2D eigenvalue weighted by Crippen LogP contribution is 2.28. The lowest BCUT2D eigenvalue weighted by Gasteiger charge is -2.10. The molecule has 3 rings (SSSR count). The van der Waals surface area contributed by atoms with Gasteiger partial charge < -0.3 is 14.6 Å². The minimum absolute atomic E-state index is 0.0864. The number of methoxy groups -OCH3 is 1. The number of esters is 1. The summed E-state index contributed by atoms with van der Waals surface area (Å²) in [5, 5.41) is 3.38. The van der Waals surface area contributed by atoms with Gasteiger partial charge in [-0.1, -0.05) is 23.2 Å². The van der Waals surface area contributed by atoms with Crippen molar-refractivity contribution in [3.8, 4) is 5.69 Å². The molecule has 0 unspecified atom stereocenters. The summed E-state index contributed by atoms with van der Waals surface area (Å²) in [7, 11) is 1.19. The molecule has 1 aromatic carbocycles. The molecule has 28 heavy (non-hydrogen) atoms. The van der Waals surface area contributed by atoms with Gasteiger partial charge in [-0.3, -0.25) is 9.59 Å². The number of hydrogen-bond acceptors (Lipinski definition) is 4. The average molecular weight is 422 g/mol. The number of ether oxygens (including phenoxy) is 1. The first-order valence-electron chi connectivity index (χ1n) is 8.28. The summed E-state index contributed by atoms with van der Waals surface area (Å²) in [6, 6.07) is 6.52. The monoisotopic (exact) mass is 421 g/mol. The summed E-state index contributed by atoms with van der Waals surface area (Å²) in [5.41, 5.74) is 3.40. The number of nitrogens with one attached hydrogen (secondary N) is 1. The predicted molar refractivity (Wildman–Crippen MR) is 106 cm³/mol. The van der Waals surface area contributed by atoms with Crippen LogP contribution in [-0.4, -0.2) is 41.0 Å². The maximum absolute atomic E-state index is 12.5. The van der Waals surface area contributed by atoms with Crippen LogP contribution in [0.5, 0.6) is 0 Å². The first-order valence-corrected chi connectivity index (χ1v) is 9.04. The van der Waals surface area contributed by atoms with Gasteiger partial charge in [0.05, 0.1) is 17.2 Å². The SMILES string of the molecule is COC(=O)CN1C(=O)NC(=Cc2cc(C)n(-c3ccc(Cl)c(Cl)c3)c2C)C1=O. The zero-order valence-corrected chi connectivity index (χ0v) is 16.9. The number of carbonyl (C=O) groups is 3. The van der Waals surface area contributed by atoms with Crippen molar-refractivity contribution >= 4 is 47.2 Å². The van der Waals surface area contributed by atoms with Gasteiger partial charge in [-0.25, -0.2) is 9.69 Å². The molecule has 1 N–H and O–H groups in total. The van der Waals surface area contributed by atoms with Gasteiger partial charge in [0.1, 0.15) is 12.2 Å². The van der Waals surface area contributed by atoms with Crippen molar-refractivity contribution in [2.24, 2.45) is 0 Å². The van der Waals surface area contributed by atoms with Crippen LogP contribution in [0.3, 0.4) is 0 Å². The predicted octanol–water partition coefficient (Wildman–Crippen LogP) is 3.47. The highest BCUT2D eigenvalue weighted by atomic mass is 35.5. The van der Waals surface area contributed by atoms with Crippen molar-refractivity contribution in [1.29, 1.82) is 0 Å². The molecule has 2 aromatic rings. The van der Waals surface area contributed by atoms with Crippen LogP contribution in [-0.2, 0) is 14.3 Å². The summed E-state index contributed by atoms with van der Waals surface area (Å²) in [6.07, 6.45) is 1.58. The maximum Gasteiger partial charge on any atom is 0.329 e. The van der Waals surface area contributed by atoms with Crippen molar-refractivity contribution < 1.29 is 19.1 Å². The first kappa shape index (κ1) is 20.0. The van der Waals surface area contributed by atoms with E-state index in [2.05, 4.69) is 10.1 Å². The highest BCUT2D eigenvalue weighted by Gasteiger charge is 2.35. The minimum atomic E-state index is -0.678. The molecule has 2 heterocycles. The van der Waals surface area contributed by atoms with Crippen LogP contribution >= 0.6 is 23.2 Å². The largest absolute Gasteiger partial charge is 0.468 e. The topological polar surface area (TPSA) is 80.6 Å². The van der Waals surface area contributed by atoms with Gasteiger partial charge in [0, 0.05) is 17.1 Å². The van der Waals surface area contributed by atoms with E-state index in [0.717, 1.165) is 27.5 Å². The molecule has 1 fully saturated rings. The second kappa shape index (κ2) is 7.69. The Morgan fingerprint density at radius 2 is 1.89 bits per heavy atom. The molecule has 0 atom stereocenters. The zero-order chi connectivity index (χ0) is 20.6. The fourth-order valence-electron chi connectivity index (χ4n) is 3.02. The van der Waals surface area contributed by atoms with Gasteiger partial charge >= 0.3 is 12.0 Å². The fraction of sp³-hybridized carbons (Fsp3) is 0.211. The molecule has 1 saturated heterocycles. The van der Waals surface area contributed by atoms with Crippen molar-refractivity contribution in [1.82, 2.24) is 14.8 Å². The van der Waals surface area contributed by atoms with Gasteiger partial charge in [0.25, 0.3) is 5.91 Å². The van der Waals surface area contributed by atoms with E-state index >= 15 is 0 Å². The lowest BCUT2D eigenvalue weighted by molar-refractivity contribution is -0.143. The second-order valence-corrected chi connectivity index (χ2v) is 7.03. The molecule has 7 nitrogen and oxygen atoms in total. The molecule has 1 aliphatic rings. The Bertz CT molecular complexity index is 1030. The third kappa shape index (κ3) is 3.63. The maximum atomic E-state index is 12.5. The van der Waals surface area contributed by atoms with Crippen molar-refractivity contribution in [3.05, 3.63) is 57.0 Å². The summed E-state index contributed by atoms with van der Waals surface area (Å²) >= 11 is 12.1. The molecule has 0 saturated carbocycles. The van der Waals surface area contributed by atoms with Crippen LogP contribution < -0.4 is 5.32 Å². The standard InChI is InChI=1S/C19H17Cl2N3O4/c1-10-6-12(11(2)24(10)13-4-5-14(20)15(21)8-13)7-16-18(26)23(19(27)22-16)9-17(25)28-3/h4-8H,9H2,1-3H3,(H,22,27). The number of halogens is 2. The third-order valence-corrected chi connectivity index (χ3v) is 5.15. The highest BCUT2D eigenvalue weighted by molar-refractivity contribution is 6.42. The van der Waals surface area contributed by atoms with Gasteiger partial charge in [-0.2, -0.15) is 0 Å². The number of carbonyl (C=O) groups excluding carboxylic acids is 3.